The highest BCUT2D eigenvalue weighted by Crippen LogP contribution is 2.56. The van der Waals surface area contributed by atoms with Crippen LogP contribution < -0.4 is 20.1 Å². The van der Waals surface area contributed by atoms with Crippen molar-refractivity contribution < 1.29 is 19.1 Å². The third-order valence-electron chi connectivity index (χ3n) is 9.23. The van der Waals surface area contributed by atoms with Crippen molar-refractivity contribution in [1.29, 1.82) is 0 Å². The van der Waals surface area contributed by atoms with E-state index >= 15 is 0 Å². The number of nitrogens with one attached hydrogen (secondary N) is 2. The highest BCUT2D eigenvalue weighted by Gasteiger charge is 2.45. The molecule has 6 aromatic rings. The van der Waals surface area contributed by atoms with Gasteiger partial charge in [-0.05, 0) is 81.9 Å². The molecule has 0 aromatic heterocycles. The van der Waals surface area contributed by atoms with Crippen molar-refractivity contribution in [3.63, 3.8) is 0 Å². The number of methoxy groups -OCH3 is 2. The van der Waals surface area contributed by atoms with Gasteiger partial charge in [0, 0.05) is 34.7 Å². The minimum atomic E-state index is -0.633. The molecule has 2 N–H and O–H groups in total. The Bertz CT molecular complexity index is 2110. The van der Waals surface area contributed by atoms with E-state index in [1.165, 1.54) is 34.4 Å². The van der Waals surface area contributed by atoms with E-state index in [1.54, 1.807) is 26.4 Å². The van der Waals surface area contributed by atoms with Crippen molar-refractivity contribution in [2.24, 2.45) is 0 Å². The minimum Gasteiger partial charge on any atom is -0.496 e. The molecule has 0 fully saturated rings. The summed E-state index contributed by atoms with van der Waals surface area (Å²) in [6.45, 7) is 0. The second kappa shape index (κ2) is 14.4. The van der Waals surface area contributed by atoms with Crippen LogP contribution in [0.4, 0.5) is 11.4 Å². The number of para-hydroxylation sites is 2. The second-order valence-corrected chi connectivity index (χ2v) is 12.1. The fraction of sp³-hybridized carbons (Fsp3) is 0.0667. The third kappa shape index (κ3) is 6.43. The highest BCUT2D eigenvalue weighted by molar-refractivity contribution is 6.03. The first kappa shape index (κ1) is 32.9. The van der Waals surface area contributed by atoms with Crippen molar-refractivity contribution in [3.05, 3.63) is 191 Å². The monoisotopic (exact) mass is 668 g/mol. The number of hydrogen-bond acceptors (Lipinski definition) is 4. The Hall–Kier alpha value is -6.66. The number of benzene rings is 6. The van der Waals surface area contributed by atoms with Gasteiger partial charge in [0.05, 0.1) is 19.6 Å². The molecule has 1 aliphatic rings. The van der Waals surface area contributed by atoms with Gasteiger partial charge in [0.25, 0.3) is 0 Å². The number of fused-ring (bicyclic) bond motifs is 3. The lowest BCUT2D eigenvalue weighted by Crippen LogP contribution is -2.28. The quantitative estimate of drug-likeness (QED) is 0.143. The van der Waals surface area contributed by atoms with Gasteiger partial charge in [-0.15, -0.1) is 0 Å². The molecule has 0 saturated heterocycles. The van der Waals surface area contributed by atoms with Crippen LogP contribution in [0.25, 0.3) is 23.3 Å². The molecule has 1 aliphatic carbocycles. The average molecular weight is 669 g/mol. The van der Waals surface area contributed by atoms with Crippen molar-refractivity contribution >= 4 is 35.3 Å². The van der Waals surface area contributed by atoms with Crippen molar-refractivity contribution in [2.75, 3.05) is 24.9 Å². The lowest BCUT2D eigenvalue weighted by molar-refractivity contribution is -0.112. The van der Waals surface area contributed by atoms with E-state index < -0.39 is 5.41 Å². The molecule has 7 rings (SSSR count). The molecule has 6 heteroatoms. The standard InChI is InChI=1S/C45H36N2O4/c1-50-41-17-9-3-11-31(41)19-29-43(48)46-35-25-21-33(22-26-35)45(39-15-7-5-13-37(39)38-14-6-8-16-40(38)45)34-23-27-36(28-24-34)47-44(49)30-20-32-12-4-10-18-42(32)51-2/h3-30H,1-2H3,(H,46,48)(H,47,49)/b29-19+,30-20+. The van der Waals surface area contributed by atoms with Gasteiger partial charge in [0.1, 0.15) is 11.5 Å². The molecule has 0 radical (unpaired) electrons. The number of hydrogen-bond donors (Lipinski definition) is 2. The molecule has 0 heterocycles. The summed E-state index contributed by atoms with van der Waals surface area (Å²) < 4.78 is 10.8. The van der Waals surface area contributed by atoms with E-state index in [0.29, 0.717) is 22.9 Å². The van der Waals surface area contributed by atoms with Crippen molar-refractivity contribution in [1.82, 2.24) is 0 Å². The number of ether oxygens (including phenoxy) is 2. The van der Waals surface area contributed by atoms with Crippen molar-refractivity contribution in [2.45, 2.75) is 5.41 Å². The summed E-state index contributed by atoms with van der Waals surface area (Å²) in [5, 5.41) is 5.98. The zero-order valence-corrected chi connectivity index (χ0v) is 28.3. The minimum absolute atomic E-state index is 0.240. The fourth-order valence-electron chi connectivity index (χ4n) is 6.94. The molecule has 6 aromatic carbocycles. The lowest BCUT2D eigenvalue weighted by atomic mass is 9.67. The summed E-state index contributed by atoms with van der Waals surface area (Å²) in [6.07, 6.45) is 6.50. The van der Waals surface area contributed by atoms with Gasteiger partial charge in [-0.2, -0.15) is 0 Å². The Balaban J connectivity index is 1.20. The molecule has 250 valence electrons. The maximum Gasteiger partial charge on any atom is 0.248 e. The summed E-state index contributed by atoms with van der Waals surface area (Å²) in [5.41, 5.74) is 9.16. The van der Waals surface area contributed by atoms with Crippen LogP contribution in [0.5, 0.6) is 11.5 Å². The summed E-state index contributed by atoms with van der Waals surface area (Å²) in [5.74, 6) is 0.917. The highest BCUT2D eigenvalue weighted by atomic mass is 16.5. The van der Waals surface area contributed by atoms with E-state index in [9.17, 15) is 9.59 Å². The number of amides is 2. The first-order valence-electron chi connectivity index (χ1n) is 16.7. The number of rotatable bonds is 10. The Morgan fingerprint density at radius 1 is 0.490 bits per heavy atom. The van der Waals surface area contributed by atoms with Crippen LogP contribution in [-0.2, 0) is 15.0 Å². The fourth-order valence-corrected chi connectivity index (χ4v) is 6.94. The Labute approximate surface area is 297 Å². The summed E-state index contributed by atoms with van der Waals surface area (Å²) >= 11 is 0. The van der Waals surface area contributed by atoms with Gasteiger partial charge < -0.3 is 20.1 Å². The normalized spacial score (nSPS) is 12.7. The molecular formula is C45H36N2O4. The van der Waals surface area contributed by atoms with Gasteiger partial charge in [-0.3, -0.25) is 9.59 Å². The first-order valence-corrected chi connectivity index (χ1v) is 16.7. The van der Waals surface area contributed by atoms with Gasteiger partial charge in [0.2, 0.25) is 11.8 Å². The van der Waals surface area contributed by atoms with Crippen LogP contribution in [0.15, 0.2) is 158 Å². The van der Waals surface area contributed by atoms with Gasteiger partial charge >= 0.3 is 0 Å². The topological polar surface area (TPSA) is 76.7 Å². The van der Waals surface area contributed by atoms with E-state index in [-0.39, 0.29) is 11.8 Å². The largest absolute Gasteiger partial charge is 0.496 e. The van der Waals surface area contributed by atoms with Crippen LogP contribution >= 0.6 is 0 Å². The molecular weight excluding hydrogens is 633 g/mol. The predicted octanol–water partition coefficient (Wildman–Crippen LogP) is 9.37. The van der Waals surface area contributed by atoms with Crippen molar-refractivity contribution in [3.8, 4) is 22.6 Å². The zero-order chi connectivity index (χ0) is 35.2. The van der Waals surface area contributed by atoms with Gasteiger partial charge in [-0.1, -0.05) is 109 Å². The van der Waals surface area contributed by atoms with Gasteiger partial charge in [0.15, 0.2) is 0 Å². The van der Waals surface area contributed by atoms with Crippen LogP contribution in [0, 0.1) is 0 Å². The maximum absolute atomic E-state index is 12.9. The number of carbonyl (C=O) groups excluding carboxylic acids is 2. The molecule has 51 heavy (non-hydrogen) atoms. The molecule has 0 saturated carbocycles. The second-order valence-electron chi connectivity index (χ2n) is 12.1. The molecule has 0 aliphatic heterocycles. The predicted molar refractivity (Wildman–Crippen MR) is 205 cm³/mol. The SMILES string of the molecule is COc1ccccc1/C=C/C(=O)Nc1ccc(C2(c3ccc(NC(=O)/C=C/c4ccccc4OC)cc3)c3ccccc3-c3ccccc32)cc1. The summed E-state index contributed by atoms with van der Waals surface area (Å²) in [4.78, 5) is 25.8. The maximum atomic E-state index is 12.9. The Kier molecular flexibility index (Phi) is 9.31. The van der Waals surface area contributed by atoms with Gasteiger partial charge in [-0.25, -0.2) is 0 Å². The van der Waals surface area contributed by atoms with E-state index in [2.05, 4.69) is 83.4 Å². The van der Waals surface area contributed by atoms with Crippen LogP contribution in [0.1, 0.15) is 33.4 Å². The smallest absolute Gasteiger partial charge is 0.248 e. The third-order valence-corrected chi connectivity index (χ3v) is 9.23. The summed E-state index contributed by atoms with van der Waals surface area (Å²) in [6, 6.07) is 48.2. The van der Waals surface area contributed by atoms with E-state index in [1.807, 2.05) is 72.8 Å². The molecule has 0 spiro atoms. The van der Waals surface area contributed by atoms with Crippen LogP contribution in [0.3, 0.4) is 0 Å². The lowest BCUT2D eigenvalue weighted by Gasteiger charge is -2.34. The molecule has 0 atom stereocenters. The zero-order valence-electron chi connectivity index (χ0n) is 28.3. The molecule has 0 unspecified atom stereocenters. The van der Waals surface area contributed by atoms with E-state index in [0.717, 1.165) is 22.3 Å². The molecule has 6 nitrogen and oxygen atoms in total. The summed E-state index contributed by atoms with van der Waals surface area (Å²) in [7, 11) is 3.22. The van der Waals surface area contributed by atoms with Crippen LogP contribution in [0.2, 0.25) is 0 Å². The first-order chi connectivity index (χ1) is 25.0. The number of anilines is 2. The average Bonchev–Trinajstić information content (AvgIpc) is 3.48. The molecule has 2 amide bonds. The Morgan fingerprint density at radius 3 is 1.27 bits per heavy atom. The van der Waals surface area contributed by atoms with E-state index in [4.69, 9.17) is 9.47 Å². The Morgan fingerprint density at radius 2 is 0.863 bits per heavy atom. The molecule has 0 bridgehead atoms. The van der Waals surface area contributed by atoms with Crippen LogP contribution in [-0.4, -0.2) is 26.0 Å². The number of carbonyl (C=O) groups is 2.